The molecule has 2 N–H and O–H groups in total. The van der Waals surface area contributed by atoms with E-state index in [0.717, 1.165) is 52.5 Å². The van der Waals surface area contributed by atoms with Crippen LogP contribution in [0.1, 0.15) is 42.4 Å². The zero-order chi connectivity index (χ0) is 17.6. The minimum Gasteiger partial charge on any atom is -0.361 e. The standard InChI is InChI=1S/C19H21ClN4O/c1-11(2)18-22-17-5-6-24(10-15(17)19(25)23-18)9-12-8-21-16-4-3-13(20)7-14(12)16/h3-4,7-8,11,21H,5-6,9-10H2,1-2H3,(H,22,23,25). The molecule has 4 rings (SSSR count). The Morgan fingerprint density at radius 1 is 1.36 bits per heavy atom. The minimum atomic E-state index is 0.000344. The van der Waals surface area contributed by atoms with E-state index in [9.17, 15) is 4.79 Å². The van der Waals surface area contributed by atoms with Crippen molar-refractivity contribution in [2.24, 2.45) is 0 Å². The molecule has 5 nitrogen and oxygen atoms in total. The number of hydrogen-bond acceptors (Lipinski definition) is 3. The number of aromatic amines is 2. The average Bonchev–Trinajstić information content (AvgIpc) is 2.97. The maximum atomic E-state index is 12.4. The number of H-pyrrole nitrogens is 2. The van der Waals surface area contributed by atoms with Crippen molar-refractivity contribution in [3.8, 4) is 0 Å². The molecule has 0 saturated carbocycles. The average molecular weight is 357 g/mol. The van der Waals surface area contributed by atoms with Crippen molar-refractivity contribution in [1.29, 1.82) is 0 Å². The van der Waals surface area contributed by atoms with Crippen LogP contribution < -0.4 is 5.56 Å². The first-order valence-electron chi connectivity index (χ1n) is 8.61. The lowest BCUT2D eigenvalue weighted by Crippen LogP contribution is -2.35. The van der Waals surface area contributed by atoms with Gasteiger partial charge in [-0.05, 0) is 23.8 Å². The Labute approximate surface area is 151 Å². The summed E-state index contributed by atoms with van der Waals surface area (Å²) >= 11 is 6.14. The molecule has 6 heteroatoms. The molecule has 1 aliphatic rings. The van der Waals surface area contributed by atoms with E-state index in [1.54, 1.807) is 0 Å². The second-order valence-corrected chi connectivity index (χ2v) is 7.43. The zero-order valence-electron chi connectivity index (χ0n) is 14.4. The molecule has 0 radical (unpaired) electrons. The lowest BCUT2D eigenvalue weighted by atomic mass is 10.0. The first kappa shape index (κ1) is 16.4. The Hall–Kier alpha value is -2.11. The molecule has 0 unspecified atom stereocenters. The van der Waals surface area contributed by atoms with E-state index < -0.39 is 0 Å². The van der Waals surface area contributed by atoms with Crippen LogP contribution in [0, 0.1) is 0 Å². The Kier molecular flexibility index (Phi) is 4.13. The Morgan fingerprint density at radius 2 is 2.20 bits per heavy atom. The molecule has 0 fully saturated rings. The quantitative estimate of drug-likeness (QED) is 0.753. The molecule has 3 heterocycles. The van der Waals surface area contributed by atoms with Crippen molar-refractivity contribution in [2.45, 2.75) is 39.3 Å². The van der Waals surface area contributed by atoms with Gasteiger partial charge >= 0.3 is 0 Å². The zero-order valence-corrected chi connectivity index (χ0v) is 15.2. The van der Waals surface area contributed by atoms with Gasteiger partial charge in [0.25, 0.3) is 5.56 Å². The first-order chi connectivity index (χ1) is 12.0. The summed E-state index contributed by atoms with van der Waals surface area (Å²) in [4.78, 5) is 25.6. The number of halogens is 1. The smallest absolute Gasteiger partial charge is 0.255 e. The Morgan fingerprint density at radius 3 is 3.00 bits per heavy atom. The van der Waals surface area contributed by atoms with Crippen LogP contribution in [0.4, 0.5) is 0 Å². The van der Waals surface area contributed by atoms with Crippen LogP contribution in [0.15, 0.2) is 29.2 Å². The summed E-state index contributed by atoms with van der Waals surface area (Å²) in [5.74, 6) is 1.01. The highest BCUT2D eigenvalue weighted by Gasteiger charge is 2.22. The molecule has 0 aliphatic carbocycles. The number of nitrogens with one attached hydrogen (secondary N) is 2. The van der Waals surface area contributed by atoms with Gasteiger partial charge in [-0.2, -0.15) is 0 Å². The highest BCUT2D eigenvalue weighted by atomic mass is 35.5. The van der Waals surface area contributed by atoms with Gasteiger partial charge in [-0.1, -0.05) is 25.4 Å². The summed E-state index contributed by atoms with van der Waals surface area (Å²) in [6.07, 6.45) is 2.84. The summed E-state index contributed by atoms with van der Waals surface area (Å²) in [6.45, 7) is 6.40. The van der Waals surface area contributed by atoms with Gasteiger partial charge in [-0.15, -0.1) is 0 Å². The van der Waals surface area contributed by atoms with Crippen molar-refractivity contribution in [1.82, 2.24) is 19.9 Å². The van der Waals surface area contributed by atoms with E-state index in [0.29, 0.717) is 6.54 Å². The predicted octanol–water partition coefficient (Wildman–Crippen LogP) is 3.59. The molecule has 0 atom stereocenters. The lowest BCUT2D eigenvalue weighted by Gasteiger charge is -2.27. The maximum Gasteiger partial charge on any atom is 0.255 e. The van der Waals surface area contributed by atoms with Crippen LogP contribution in [-0.4, -0.2) is 26.4 Å². The topological polar surface area (TPSA) is 64.8 Å². The van der Waals surface area contributed by atoms with Gasteiger partial charge in [0.1, 0.15) is 5.82 Å². The lowest BCUT2D eigenvalue weighted by molar-refractivity contribution is 0.242. The molecule has 0 saturated heterocycles. The molecule has 25 heavy (non-hydrogen) atoms. The monoisotopic (exact) mass is 356 g/mol. The number of benzene rings is 1. The fourth-order valence-electron chi connectivity index (χ4n) is 3.43. The van der Waals surface area contributed by atoms with Gasteiger partial charge in [0.05, 0.1) is 11.3 Å². The van der Waals surface area contributed by atoms with Crippen LogP contribution in [-0.2, 0) is 19.5 Å². The highest BCUT2D eigenvalue weighted by Crippen LogP contribution is 2.25. The number of aromatic nitrogens is 3. The molecular weight excluding hydrogens is 336 g/mol. The molecule has 0 spiro atoms. The van der Waals surface area contributed by atoms with E-state index in [1.165, 1.54) is 5.56 Å². The van der Waals surface area contributed by atoms with Gasteiger partial charge in [0, 0.05) is 54.1 Å². The van der Waals surface area contributed by atoms with E-state index >= 15 is 0 Å². The molecule has 2 aromatic heterocycles. The first-order valence-corrected chi connectivity index (χ1v) is 8.99. The van der Waals surface area contributed by atoms with Gasteiger partial charge in [0.15, 0.2) is 0 Å². The van der Waals surface area contributed by atoms with Crippen LogP contribution in [0.5, 0.6) is 0 Å². The highest BCUT2D eigenvalue weighted by molar-refractivity contribution is 6.31. The van der Waals surface area contributed by atoms with Crippen molar-refractivity contribution in [3.63, 3.8) is 0 Å². The van der Waals surface area contributed by atoms with Gasteiger partial charge < -0.3 is 9.97 Å². The Balaban J connectivity index is 1.60. The normalized spacial score (nSPS) is 15.0. The Bertz CT molecular complexity index is 989. The molecule has 0 bridgehead atoms. The second kappa shape index (κ2) is 6.32. The fraction of sp³-hybridized carbons (Fsp3) is 0.368. The molecular formula is C19H21ClN4O. The number of rotatable bonds is 3. The van der Waals surface area contributed by atoms with Crippen molar-refractivity contribution in [2.75, 3.05) is 6.54 Å². The largest absolute Gasteiger partial charge is 0.361 e. The van der Waals surface area contributed by atoms with Crippen LogP contribution in [0.3, 0.4) is 0 Å². The third-order valence-corrected chi connectivity index (χ3v) is 5.07. The molecule has 0 amide bonds. The predicted molar refractivity (Wildman–Crippen MR) is 100 cm³/mol. The van der Waals surface area contributed by atoms with Crippen molar-refractivity contribution >= 4 is 22.5 Å². The third kappa shape index (κ3) is 3.10. The summed E-state index contributed by atoms with van der Waals surface area (Å²) in [5.41, 5.74) is 4.03. The third-order valence-electron chi connectivity index (χ3n) is 4.84. The molecule has 3 aromatic rings. The van der Waals surface area contributed by atoms with E-state index in [4.69, 9.17) is 11.6 Å². The summed E-state index contributed by atoms with van der Waals surface area (Å²) in [5, 5.41) is 1.87. The van der Waals surface area contributed by atoms with E-state index in [2.05, 4.69) is 19.9 Å². The van der Waals surface area contributed by atoms with Gasteiger partial charge in [-0.3, -0.25) is 9.69 Å². The fourth-order valence-corrected chi connectivity index (χ4v) is 3.60. The summed E-state index contributed by atoms with van der Waals surface area (Å²) in [7, 11) is 0. The maximum absolute atomic E-state index is 12.4. The van der Waals surface area contributed by atoms with Crippen LogP contribution in [0.25, 0.3) is 10.9 Å². The summed E-state index contributed by atoms with van der Waals surface area (Å²) < 4.78 is 0. The number of fused-ring (bicyclic) bond motifs is 2. The SMILES string of the molecule is CC(C)c1nc2c(c(=O)[nH]1)CN(Cc1c[nH]c3ccc(Cl)cc13)CC2. The molecule has 1 aliphatic heterocycles. The van der Waals surface area contributed by atoms with Gasteiger partial charge in [-0.25, -0.2) is 4.98 Å². The van der Waals surface area contributed by atoms with Gasteiger partial charge in [0.2, 0.25) is 0 Å². The minimum absolute atomic E-state index is 0.000344. The van der Waals surface area contributed by atoms with Crippen LogP contribution in [0.2, 0.25) is 5.02 Å². The number of hydrogen-bond donors (Lipinski definition) is 2. The van der Waals surface area contributed by atoms with E-state index in [-0.39, 0.29) is 11.5 Å². The second-order valence-electron chi connectivity index (χ2n) is 7.00. The van der Waals surface area contributed by atoms with Crippen molar-refractivity contribution in [3.05, 3.63) is 62.4 Å². The number of nitrogens with zero attached hydrogens (tertiary/aromatic N) is 2. The van der Waals surface area contributed by atoms with Crippen LogP contribution >= 0.6 is 11.6 Å². The summed E-state index contributed by atoms with van der Waals surface area (Å²) in [6, 6.07) is 5.87. The van der Waals surface area contributed by atoms with E-state index in [1.807, 2.05) is 38.2 Å². The van der Waals surface area contributed by atoms with Crippen molar-refractivity contribution < 1.29 is 0 Å². The molecule has 1 aromatic carbocycles. The molecule has 130 valence electrons.